The van der Waals surface area contributed by atoms with Gasteiger partial charge < -0.3 is 5.43 Å². The number of nitrogens with one attached hydrogen (secondary N) is 2. The van der Waals surface area contributed by atoms with Crippen LogP contribution in [0.15, 0.2) is 11.8 Å². The zero-order valence-corrected chi connectivity index (χ0v) is 4.42. The molecule has 1 aliphatic rings. The van der Waals surface area contributed by atoms with E-state index in [-0.39, 0.29) is 6.54 Å². The highest BCUT2D eigenvalue weighted by Crippen LogP contribution is 2.25. The van der Waals surface area contributed by atoms with E-state index in [0.717, 1.165) is 6.20 Å². The second-order valence-corrected chi connectivity index (χ2v) is 1.67. The molecular formula is C4H5F3N2. The zero-order valence-electron chi connectivity index (χ0n) is 4.42. The summed E-state index contributed by atoms with van der Waals surface area (Å²) in [6.45, 7) is -0.149. The molecule has 1 rings (SSSR count). The minimum atomic E-state index is -4.18. The SMILES string of the molecule is FC(F)(F)C1=CNNC1. The third-order valence-corrected chi connectivity index (χ3v) is 0.991. The fourth-order valence-electron chi connectivity index (χ4n) is 0.517. The highest BCUT2D eigenvalue weighted by atomic mass is 19.4. The minimum Gasteiger partial charge on any atom is -0.328 e. The van der Waals surface area contributed by atoms with Crippen LogP contribution < -0.4 is 10.9 Å². The molecule has 0 atom stereocenters. The summed E-state index contributed by atoms with van der Waals surface area (Å²) in [5, 5.41) is 0. The second kappa shape index (κ2) is 1.91. The van der Waals surface area contributed by atoms with Gasteiger partial charge in [-0.25, -0.2) is 5.43 Å². The van der Waals surface area contributed by atoms with Crippen molar-refractivity contribution in [1.29, 1.82) is 0 Å². The number of hydrazine groups is 1. The van der Waals surface area contributed by atoms with E-state index in [4.69, 9.17) is 0 Å². The highest BCUT2D eigenvalue weighted by Gasteiger charge is 2.34. The van der Waals surface area contributed by atoms with Gasteiger partial charge in [-0.3, -0.25) is 0 Å². The molecule has 0 spiro atoms. The molecule has 2 nitrogen and oxygen atoms in total. The zero-order chi connectivity index (χ0) is 6.91. The maximum atomic E-state index is 11.6. The lowest BCUT2D eigenvalue weighted by Crippen LogP contribution is -2.22. The van der Waals surface area contributed by atoms with Crippen LogP contribution in [-0.4, -0.2) is 12.7 Å². The lowest BCUT2D eigenvalue weighted by molar-refractivity contribution is -0.0918. The lowest BCUT2D eigenvalue weighted by atomic mass is 10.3. The maximum Gasteiger partial charge on any atom is 0.415 e. The van der Waals surface area contributed by atoms with Crippen molar-refractivity contribution in [1.82, 2.24) is 10.9 Å². The van der Waals surface area contributed by atoms with Crippen molar-refractivity contribution in [2.24, 2.45) is 0 Å². The first kappa shape index (κ1) is 6.41. The summed E-state index contributed by atoms with van der Waals surface area (Å²) in [7, 11) is 0. The predicted molar refractivity (Wildman–Crippen MR) is 25.3 cm³/mol. The third kappa shape index (κ3) is 1.35. The quantitative estimate of drug-likeness (QED) is 0.510. The fraction of sp³-hybridized carbons (Fsp3) is 0.500. The van der Waals surface area contributed by atoms with Gasteiger partial charge in [0.25, 0.3) is 0 Å². The first-order valence-electron chi connectivity index (χ1n) is 2.35. The summed E-state index contributed by atoms with van der Waals surface area (Å²) >= 11 is 0. The largest absolute Gasteiger partial charge is 0.415 e. The number of hydrogen-bond donors (Lipinski definition) is 2. The molecule has 0 unspecified atom stereocenters. The van der Waals surface area contributed by atoms with Crippen LogP contribution in [0.3, 0.4) is 0 Å². The van der Waals surface area contributed by atoms with Crippen LogP contribution in [0.4, 0.5) is 13.2 Å². The van der Waals surface area contributed by atoms with Crippen LogP contribution in [0.5, 0.6) is 0 Å². The van der Waals surface area contributed by atoms with Gasteiger partial charge in [0.15, 0.2) is 0 Å². The van der Waals surface area contributed by atoms with E-state index in [1.807, 2.05) is 0 Å². The van der Waals surface area contributed by atoms with Crippen LogP contribution in [0, 0.1) is 0 Å². The van der Waals surface area contributed by atoms with Gasteiger partial charge in [0.1, 0.15) is 0 Å². The Morgan fingerprint density at radius 2 is 2.11 bits per heavy atom. The summed E-state index contributed by atoms with van der Waals surface area (Å²) < 4.78 is 34.8. The van der Waals surface area contributed by atoms with E-state index in [9.17, 15) is 13.2 Å². The van der Waals surface area contributed by atoms with Gasteiger partial charge in [0.2, 0.25) is 0 Å². The van der Waals surface area contributed by atoms with E-state index in [2.05, 4.69) is 10.9 Å². The summed E-state index contributed by atoms with van der Waals surface area (Å²) in [5.74, 6) is 0. The Morgan fingerprint density at radius 3 is 2.33 bits per heavy atom. The standard InChI is InChI=1S/C4H5F3N2/c5-4(6,7)3-1-8-9-2-3/h1,8-9H,2H2. The molecule has 0 radical (unpaired) electrons. The summed E-state index contributed by atoms with van der Waals surface area (Å²) in [6, 6.07) is 0. The van der Waals surface area contributed by atoms with Crippen molar-refractivity contribution in [3.63, 3.8) is 0 Å². The van der Waals surface area contributed by atoms with E-state index in [1.165, 1.54) is 0 Å². The molecule has 2 N–H and O–H groups in total. The average Bonchev–Trinajstić information content (AvgIpc) is 2.08. The Bertz CT molecular complexity index is 137. The van der Waals surface area contributed by atoms with Crippen molar-refractivity contribution >= 4 is 0 Å². The first-order chi connectivity index (χ1) is 4.11. The minimum absolute atomic E-state index is 0.149. The number of halogens is 3. The van der Waals surface area contributed by atoms with Crippen LogP contribution >= 0.6 is 0 Å². The van der Waals surface area contributed by atoms with Crippen LogP contribution in [0.1, 0.15) is 0 Å². The molecular weight excluding hydrogens is 133 g/mol. The molecule has 1 heterocycles. The molecule has 0 aromatic heterocycles. The topological polar surface area (TPSA) is 24.1 Å². The fourth-order valence-corrected chi connectivity index (χ4v) is 0.517. The van der Waals surface area contributed by atoms with Gasteiger partial charge in [-0.05, 0) is 0 Å². The Balaban J connectivity index is 2.61. The van der Waals surface area contributed by atoms with Gasteiger partial charge >= 0.3 is 6.18 Å². The predicted octanol–water partition coefficient (Wildman–Crippen LogP) is 0.540. The molecule has 0 amide bonds. The summed E-state index contributed by atoms with van der Waals surface area (Å²) in [5.41, 5.74) is 4.00. The Labute approximate surface area is 49.7 Å². The molecule has 0 fully saturated rings. The summed E-state index contributed by atoms with van der Waals surface area (Å²) in [6.07, 6.45) is -3.27. The molecule has 0 bridgehead atoms. The van der Waals surface area contributed by atoms with Crippen molar-refractivity contribution < 1.29 is 13.2 Å². The van der Waals surface area contributed by atoms with Crippen molar-refractivity contribution in [3.8, 4) is 0 Å². The molecule has 0 aliphatic carbocycles. The van der Waals surface area contributed by atoms with Crippen LogP contribution in [0.2, 0.25) is 0 Å². The Hall–Kier alpha value is -0.710. The molecule has 0 aromatic carbocycles. The third-order valence-electron chi connectivity index (χ3n) is 0.991. The van der Waals surface area contributed by atoms with Gasteiger partial charge in [-0.2, -0.15) is 13.2 Å². The van der Waals surface area contributed by atoms with Gasteiger partial charge in [0, 0.05) is 12.7 Å². The maximum absolute atomic E-state index is 11.6. The van der Waals surface area contributed by atoms with Crippen LogP contribution in [0.25, 0.3) is 0 Å². The Kier molecular flexibility index (Phi) is 1.36. The molecule has 5 heteroatoms. The summed E-state index contributed by atoms with van der Waals surface area (Å²) in [4.78, 5) is 0. The molecule has 9 heavy (non-hydrogen) atoms. The van der Waals surface area contributed by atoms with E-state index in [1.54, 1.807) is 0 Å². The van der Waals surface area contributed by atoms with Crippen molar-refractivity contribution in [3.05, 3.63) is 11.8 Å². The van der Waals surface area contributed by atoms with E-state index in [0.29, 0.717) is 0 Å². The van der Waals surface area contributed by atoms with Gasteiger partial charge in [-0.15, -0.1) is 0 Å². The first-order valence-corrected chi connectivity index (χ1v) is 2.35. The monoisotopic (exact) mass is 138 g/mol. The van der Waals surface area contributed by atoms with E-state index < -0.39 is 11.7 Å². The van der Waals surface area contributed by atoms with Crippen molar-refractivity contribution in [2.45, 2.75) is 6.18 Å². The van der Waals surface area contributed by atoms with Gasteiger partial charge in [-0.1, -0.05) is 0 Å². The molecule has 0 saturated heterocycles. The number of hydrogen-bond acceptors (Lipinski definition) is 2. The highest BCUT2D eigenvalue weighted by molar-refractivity contribution is 5.12. The van der Waals surface area contributed by atoms with Crippen molar-refractivity contribution in [2.75, 3.05) is 6.54 Å². The molecule has 52 valence electrons. The van der Waals surface area contributed by atoms with Crippen LogP contribution in [-0.2, 0) is 0 Å². The molecule has 0 aromatic rings. The number of rotatable bonds is 0. The Morgan fingerprint density at radius 1 is 1.44 bits per heavy atom. The smallest absolute Gasteiger partial charge is 0.328 e. The molecule has 0 saturated carbocycles. The average molecular weight is 138 g/mol. The number of alkyl halides is 3. The lowest BCUT2D eigenvalue weighted by Gasteiger charge is -2.03. The second-order valence-electron chi connectivity index (χ2n) is 1.67. The van der Waals surface area contributed by atoms with Gasteiger partial charge in [0.05, 0.1) is 5.57 Å². The van der Waals surface area contributed by atoms with E-state index >= 15 is 0 Å². The molecule has 1 aliphatic heterocycles. The normalized spacial score (nSPS) is 19.2.